The van der Waals surface area contributed by atoms with Gasteiger partial charge in [0, 0.05) is 5.75 Å². The van der Waals surface area contributed by atoms with Gasteiger partial charge in [-0.3, -0.25) is 0 Å². The van der Waals surface area contributed by atoms with E-state index >= 15 is 0 Å². The maximum absolute atomic E-state index is 10.1. The molecule has 0 aliphatic heterocycles. The quantitative estimate of drug-likeness (QED) is 0.562. The summed E-state index contributed by atoms with van der Waals surface area (Å²) in [6.07, 6.45) is 2.57. The number of aromatic nitrogens is 4. The largest absolute Gasteiger partial charge is 0.388 e. The molecule has 96 valence electrons. The Balaban J connectivity index is 1.74. The summed E-state index contributed by atoms with van der Waals surface area (Å²) in [6.45, 7) is 0. The Hall–Kier alpha value is -1.92. The molecule has 0 aliphatic carbocycles. The number of imidazole rings is 1. The molecule has 6 heteroatoms. The summed E-state index contributed by atoms with van der Waals surface area (Å²) in [6, 6.07) is 9.60. The van der Waals surface area contributed by atoms with E-state index in [4.69, 9.17) is 0 Å². The summed E-state index contributed by atoms with van der Waals surface area (Å²) in [5, 5.41) is 10.9. The van der Waals surface area contributed by atoms with Crippen LogP contribution in [0.25, 0.3) is 11.2 Å². The van der Waals surface area contributed by atoms with Gasteiger partial charge in [0.1, 0.15) is 16.9 Å². The number of fused-ring (bicyclic) bond motifs is 1. The molecule has 1 aromatic carbocycles. The second kappa shape index (κ2) is 5.38. The van der Waals surface area contributed by atoms with Crippen molar-refractivity contribution >= 4 is 22.9 Å². The summed E-state index contributed by atoms with van der Waals surface area (Å²) >= 11 is 1.49. The van der Waals surface area contributed by atoms with Crippen LogP contribution in [0.1, 0.15) is 11.7 Å². The van der Waals surface area contributed by atoms with Crippen molar-refractivity contribution in [2.45, 2.75) is 11.1 Å². The Morgan fingerprint density at radius 1 is 1.16 bits per heavy atom. The molecule has 0 spiro atoms. The van der Waals surface area contributed by atoms with Gasteiger partial charge in [0.15, 0.2) is 5.65 Å². The third kappa shape index (κ3) is 2.59. The van der Waals surface area contributed by atoms with Gasteiger partial charge in [0.2, 0.25) is 0 Å². The fourth-order valence-electron chi connectivity index (χ4n) is 1.78. The lowest BCUT2D eigenvalue weighted by Crippen LogP contribution is -2.00. The van der Waals surface area contributed by atoms with Crippen molar-refractivity contribution < 1.29 is 5.11 Å². The monoisotopic (exact) mass is 272 g/mol. The topological polar surface area (TPSA) is 74.7 Å². The molecule has 0 saturated carbocycles. The second-order valence-corrected chi connectivity index (χ2v) is 5.03. The van der Waals surface area contributed by atoms with E-state index in [2.05, 4.69) is 19.9 Å². The lowest BCUT2D eigenvalue weighted by molar-refractivity contribution is 0.204. The molecule has 5 nitrogen and oxygen atoms in total. The fraction of sp³-hybridized carbons (Fsp3) is 0.154. The number of nitrogens with one attached hydrogen (secondary N) is 1. The average molecular weight is 272 g/mol. The molecular formula is C13H12N4OS. The third-order valence-corrected chi connectivity index (χ3v) is 3.82. The van der Waals surface area contributed by atoms with E-state index in [1.165, 1.54) is 18.1 Å². The minimum absolute atomic E-state index is 0.515. The number of thioether (sulfide) groups is 1. The first-order valence-electron chi connectivity index (χ1n) is 5.84. The number of aromatic amines is 1. The number of hydrogen-bond acceptors (Lipinski definition) is 5. The Bertz CT molecular complexity index is 670. The Kier molecular flexibility index (Phi) is 3.43. The number of hydrogen-bond donors (Lipinski definition) is 2. The van der Waals surface area contributed by atoms with Crippen LogP contribution in [-0.2, 0) is 0 Å². The zero-order valence-electron chi connectivity index (χ0n) is 10.0. The first kappa shape index (κ1) is 12.1. The van der Waals surface area contributed by atoms with Gasteiger partial charge >= 0.3 is 0 Å². The Morgan fingerprint density at radius 3 is 2.84 bits per heavy atom. The number of rotatable bonds is 4. The van der Waals surface area contributed by atoms with Gasteiger partial charge in [0.05, 0.1) is 12.4 Å². The molecule has 1 atom stereocenters. The molecule has 2 N–H and O–H groups in total. The average Bonchev–Trinajstić information content (AvgIpc) is 2.94. The number of aliphatic hydroxyl groups is 1. The maximum Gasteiger partial charge on any atom is 0.181 e. The van der Waals surface area contributed by atoms with Crippen LogP contribution in [0.3, 0.4) is 0 Å². The van der Waals surface area contributed by atoms with E-state index in [1.807, 2.05) is 30.3 Å². The van der Waals surface area contributed by atoms with E-state index in [1.54, 1.807) is 6.33 Å². The number of nitrogens with zero attached hydrogens (tertiary/aromatic N) is 3. The molecule has 3 rings (SSSR count). The molecule has 0 bridgehead atoms. The number of aliphatic hydroxyl groups excluding tert-OH is 1. The predicted molar refractivity (Wildman–Crippen MR) is 73.8 cm³/mol. The number of H-pyrrole nitrogens is 1. The Morgan fingerprint density at radius 2 is 2.00 bits per heavy atom. The second-order valence-electron chi connectivity index (χ2n) is 4.02. The van der Waals surface area contributed by atoms with E-state index in [-0.39, 0.29) is 0 Å². The fourth-order valence-corrected chi connectivity index (χ4v) is 2.71. The van der Waals surface area contributed by atoms with Gasteiger partial charge in [-0.25, -0.2) is 15.0 Å². The molecule has 3 aromatic rings. The molecule has 0 radical (unpaired) electrons. The van der Waals surface area contributed by atoms with Crippen molar-refractivity contribution in [1.29, 1.82) is 0 Å². The minimum atomic E-state index is -0.515. The third-order valence-electron chi connectivity index (χ3n) is 2.75. The van der Waals surface area contributed by atoms with Crippen LogP contribution < -0.4 is 0 Å². The van der Waals surface area contributed by atoms with Gasteiger partial charge in [-0.15, -0.1) is 11.8 Å². The van der Waals surface area contributed by atoms with Gasteiger partial charge in [-0.2, -0.15) is 0 Å². The standard InChI is InChI=1S/C13H12N4OS/c18-10(9-4-2-1-3-5-9)6-19-13-11-12(15-7-14-11)16-8-17-13/h1-5,7-8,10,18H,6H2,(H,14,15,16,17)/t10-/m1/s1. The highest BCUT2D eigenvalue weighted by Gasteiger charge is 2.11. The molecule has 2 aromatic heterocycles. The van der Waals surface area contributed by atoms with Crippen LogP contribution >= 0.6 is 11.8 Å². The van der Waals surface area contributed by atoms with Crippen LogP contribution in [-0.4, -0.2) is 30.8 Å². The van der Waals surface area contributed by atoms with E-state index < -0.39 is 6.10 Å². The zero-order valence-corrected chi connectivity index (χ0v) is 10.8. The van der Waals surface area contributed by atoms with Crippen LogP contribution in [0.2, 0.25) is 0 Å². The van der Waals surface area contributed by atoms with Crippen molar-refractivity contribution in [1.82, 2.24) is 19.9 Å². The van der Waals surface area contributed by atoms with Gasteiger partial charge < -0.3 is 10.1 Å². The van der Waals surface area contributed by atoms with Crippen LogP contribution in [0.15, 0.2) is 48.0 Å². The summed E-state index contributed by atoms with van der Waals surface area (Å²) in [5.41, 5.74) is 2.37. The van der Waals surface area contributed by atoms with Gasteiger partial charge in [0.25, 0.3) is 0 Å². The maximum atomic E-state index is 10.1. The highest BCUT2D eigenvalue weighted by Crippen LogP contribution is 2.26. The van der Waals surface area contributed by atoms with Crippen molar-refractivity contribution in [3.63, 3.8) is 0 Å². The summed E-state index contributed by atoms with van der Waals surface area (Å²) in [4.78, 5) is 15.4. The lowest BCUT2D eigenvalue weighted by atomic mass is 10.1. The lowest BCUT2D eigenvalue weighted by Gasteiger charge is -2.10. The molecule has 0 unspecified atom stereocenters. The van der Waals surface area contributed by atoms with Crippen molar-refractivity contribution in [2.24, 2.45) is 0 Å². The molecule has 0 aliphatic rings. The molecule has 0 amide bonds. The van der Waals surface area contributed by atoms with Crippen LogP contribution in [0.4, 0.5) is 0 Å². The van der Waals surface area contributed by atoms with E-state index in [0.29, 0.717) is 11.4 Å². The normalized spacial score (nSPS) is 12.7. The molecule has 0 saturated heterocycles. The van der Waals surface area contributed by atoms with Gasteiger partial charge in [-0.05, 0) is 5.56 Å². The smallest absolute Gasteiger partial charge is 0.181 e. The van der Waals surface area contributed by atoms with E-state index in [0.717, 1.165) is 16.1 Å². The van der Waals surface area contributed by atoms with Crippen molar-refractivity contribution in [2.75, 3.05) is 5.75 Å². The number of benzene rings is 1. The molecule has 19 heavy (non-hydrogen) atoms. The van der Waals surface area contributed by atoms with Crippen LogP contribution in [0.5, 0.6) is 0 Å². The summed E-state index contributed by atoms with van der Waals surface area (Å²) in [7, 11) is 0. The Labute approximate surface area is 114 Å². The van der Waals surface area contributed by atoms with Crippen molar-refractivity contribution in [3.8, 4) is 0 Å². The van der Waals surface area contributed by atoms with Crippen molar-refractivity contribution in [3.05, 3.63) is 48.5 Å². The first-order chi connectivity index (χ1) is 9.34. The minimum Gasteiger partial charge on any atom is -0.388 e. The van der Waals surface area contributed by atoms with Gasteiger partial charge in [-0.1, -0.05) is 30.3 Å². The SMILES string of the molecule is O[C@H](CSc1ncnc2nc[nH]c12)c1ccccc1. The predicted octanol–water partition coefficient (Wildman–Crippen LogP) is 2.18. The highest BCUT2D eigenvalue weighted by atomic mass is 32.2. The molecule has 0 fully saturated rings. The van der Waals surface area contributed by atoms with E-state index in [9.17, 15) is 5.11 Å². The summed E-state index contributed by atoms with van der Waals surface area (Å²) < 4.78 is 0. The highest BCUT2D eigenvalue weighted by molar-refractivity contribution is 7.99. The first-order valence-corrected chi connectivity index (χ1v) is 6.83. The molecular weight excluding hydrogens is 260 g/mol. The summed E-state index contributed by atoms with van der Waals surface area (Å²) in [5.74, 6) is 0.537. The molecule has 2 heterocycles. The van der Waals surface area contributed by atoms with Crippen LogP contribution in [0, 0.1) is 0 Å². The zero-order chi connectivity index (χ0) is 13.1.